The molecule has 5 aliphatic rings. The van der Waals surface area contributed by atoms with Gasteiger partial charge in [0.2, 0.25) is 0 Å². The first-order valence-electron chi connectivity index (χ1n) is 8.96. The lowest BCUT2D eigenvalue weighted by atomic mass is 9.63. The summed E-state index contributed by atoms with van der Waals surface area (Å²) in [6, 6.07) is 5.41. The van der Waals surface area contributed by atoms with Gasteiger partial charge in [-0.05, 0) is 42.2 Å². The molecule has 0 unspecified atom stereocenters. The van der Waals surface area contributed by atoms with E-state index in [1.165, 1.54) is 6.21 Å². The zero-order valence-electron chi connectivity index (χ0n) is 14.7. The first-order valence-corrected chi connectivity index (χ1v) is 8.96. The van der Waals surface area contributed by atoms with Gasteiger partial charge in [0.15, 0.2) is 11.5 Å². The summed E-state index contributed by atoms with van der Waals surface area (Å²) < 4.78 is 10.7. The fourth-order valence-electron chi connectivity index (χ4n) is 5.19. The van der Waals surface area contributed by atoms with Gasteiger partial charge in [0.25, 0.3) is 11.8 Å². The minimum Gasteiger partial charge on any atom is -0.493 e. The zero-order valence-corrected chi connectivity index (χ0v) is 14.7. The van der Waals surface area contributed by atoms with E-state index in [1.807, 2.05) is 12.1 Å². The molecule has 0 N–H and O–H groups in total. The number of benzene rings is 1. The number of imide groups is 1. The summed E-state index contributed by atoms with van der Waals surface area (Å²) in [5, 5.41) is 5.32. The standard InChI is InChI=1S/C20H20N2O4/c1-25-15-5-3-4-10(18(15)26-2)9-21-22-19(23)16-11-6-7-12(14-8-13(11)14)17(16)20(22)24/h3-7,9,11-14,16-17H,8H2,1-2H3/b21-9-/t11-,12+,13-,14-,16+,17-/m1/s1. The summed E-state index contributed by atoms with van der Waals surface area (Å²) >= 11 is 0. The van der Waals surface area contributed by atoms with Gasteiger partial charge in [-0.25, -0.2) is 0 Å². The third-order valence-electron chi connectivity index (χ3n) is 6.39. The summed E-state index contributed by atoms with van der Waals surface area (Å²) in [6.45, 7) is 0. The molecule has 6 rings (SSSR count). The largest absolute Gasteiger partial charge is 0.493 e. The second-order valence-electron chi connectivity index (χ2n) is 7.47. The van der Waals surface area contributed by atoms with Crippen molar-refractivity contribution in [3.63, 3.8) is 0 Å². The van der Waals surface area contributed by atoms with E-state index in [0.29, 0.717) is 28.9 Å². The number of para-hydroxylation sites is 1. The van der Waals surface area contributed by atoms with Crippen LogP contribution in [0.25, 0.3) is 0 Å². The quantitative estimate of drug-likeness (QED) is 0.473. The van der Waals surface area contributed by atoms with Crippen LogP contribution in [0.2, 0.25) is 0 Å². The first-order chi connectivity index (χ1) is 12.7. The zero-order chi connectivity index (χ0) is 18.0. The van der Waals surface area contributed by atoms with Gasteiger partial charge in [-0.3, -0.25) is 9.59 Å². The molecule has 1 aromatic rings. The second kappa shape index (κ2) is 5.43. The maximum absolute atomic E-state index is 12.9. The number of rotatable bonds is 4. The van der Waals surface area contributed by atoms with E-state index in [2.05, 4.69) is 17.3 Å². The van der Waals surface area contributed by atoms with Crippen LogP contribution in [-0.2, 0) is 9.59 Å². The van der Waals surface area contributed by atoms with E-state index in [-0.39, 0.29) is 35.5 Å². The van der Waals surface area contributed by atoms with Gasteiger partial charge in [-0.1, -0.05) is 18.2 Å². The summed E-state index contributed by atoms with van der Waals surface area (Å²) in [5.74, 6) is 1.90. The fraction of sp³-hybridized carbons (Fsp3) is 0.450. The monoisotopic (exact) mass is 352 g/mol. The maximum atomic E-state index is 12.9. The molecular formula is C20H20N2O4. The molecule has 1 heterocycles. The van der Waals surface area contributed by atoms with E-state index >= 15 is 0 Å². The lowest BCUT2D eigenvalue weighted by molar-refractivity contribution is -0.140. The minimum absolute atomic E-state index is 0.164. The number of allylic oxidation sites excluding steroid dienone is 2. The van der Waals surface area contributed by atoms with Crippen LogP contribution in [0.15, 0.2) is 35.5 Å². The fourth-order valence-corrected chi connectivity index (χ4v) is 5.19. The molecule has 1 saturated heterocycles. The smallest absolute Gasteiger partial charge is 0.254 e. The number of hydrazone groups is 1. The Morgan fingerprint density at radius 2 is 1.69 bits per heavy atom. The van der Waals surface area contributed by atoms with Crippen molar-refractivity contribution in [1.29, 1.82) is 0 Å². The molecule has 1 aromatic carbocycles. The Hall–Kier alpha value is -2.63. The molecule has 6 heteroatoms. The van der Waals surface area contributed by atoms with Gasteiger partial charge >= 0.3 is 0 Å². The van der Waals surface area contributed by atoms with E-state index in [1.54, 1.807) is 20.3 Å². The summed E-state index contributed by atoms with van der Waals surface area (Å²) in [5.41, 5.74) is 0.659. The lowest BCUT2D eigenvalue weighted by Gasteiger charge is -2.37. The van der Waals surface area contributed by atoms with Crippen molar-refractivity contribution in [3.05, 3.63) is 35.9 Å². The minimum atomic E-state index is -0.231. The van der Waals surface area contributed by atoms with E-state index in [9.17, 15) is 9.59 Å². The average Bonchev–Trinajstić information content (AvgIpc) is 3.45. The van der Waals surface area contributed by atoms with Crippen molar-refractivity contribution in [1.82, 2.24) is 5.01 Å². The predicted octanol–water partition coefficient (Wildman–Crippen LogP) is 2.09. The molecule has 3 fully saturated rings. The molecule has 0 spiro atoms. The molecule has 6 atom stereocenters. The summed E-state index contributed by atoms with van der Waals surface area (Å²) in [7, 11) is 3.11. The Bertz CT molecular complexity index is 825. The van der Waals surface area contributed by atoms with Crippen molar-refractivity contribution < 1.29 is 19.1 Å². The van der Waals surface area contributed by atoms with Gasteiger partial charge in [0, 0.05) is 5.56 Å². The number of hydrogen-bond acceptors (Lipinski definition) is 5. The van der Waals surface area contributed by atoms with Crippen LogP contribution in [0, 0.1) is 35.5 Å². The highest BCUT2D eigenvalue weighted by Crippen LogP contribution is 2.65. The van der Waals surface area contributed by atoms with Crippen LogP contribution in [0.5, 0.6) is 11.5 Å². The van der Waals surface area contributed by atoms with Crippen molar-refractivity contribution in [2.75, 3.05) is 14.2 Å². The first kappa shape index (κ1) is 15.6. The number of carbonyl (C=O) groups is 2. The summed E-state index contributed by atoms with van der Waals surface area (Å²) in [4.78, 5) is 25.8. The highest BCUT2D eigenvalue weighted by molar-refractivity contribution is 6.06. The molecule has 2 saturated carbocycles. The predicted molar refractivity (Wildman–Crippen MR) is 93.7 cm³/mol. The molecule has 26 heavy (non-hydrogen) atoms. The maximum Gasteiger partial charge on any atom is 0.254 e. The van der Waals surface area contributed by atoms with Crippen LogP contribution >= 0.6 is 0 Å². The molecule has 2 bridgehead atoms. The van der Waals surface area contributed by atoms with Crippen LogP contribution in [0.4, 0.5) is 0 Å². The van der Waals surface area contributed by atoms with Gasteiger partial charge < -0.3 is 9.47 Å². The van der Waals surface area contributed by atoms with Crippen LogP contribution in [0.1, 0.15) is 12.0 Å². The number of hydrogen-bond donors (Lipinski definition) is 0. The molecule has 4 aliphatic carbocycles. The molecule has 1 aliphatic heterocycles. The molecular weight excluding hydrogens is 332 g/mol. The normalized spacial score (nSPS) is 36.5. The highest BCUT2D eigenvalue weighted by Gasteiger charge is 2.67. The Labute approximate surface area is 151 Å². The van der Waals surface area contributed by atoms with Gasteiger partial charge in [-0.15, -0.1) is 0 Å². The highest BCUT2D eigenvalue weighted by atomic mass is 16.5. The Morgan fingerprint density at radius 3 is 2.27 bits per heavy atom. The average molecular weight is 352 g/mol. The Morgan fingerprint density at radius 1 is 1.04 bits per heavy atom. The van der Waals surface area contributed by atoms with Crippen molar-refractivity contribution in [2.45, 2.75) is 6.42 Å². The van der Waals surface area contributed by atoms with Gasteiger partial charge in [0.05, 0.1) is 32.3 Å². The second-order valence-corrected chi connectivity index (χ2v) is 7.47. The molecule has 134 valence electrons. The number of methoxy groups -OCH3 is 2. The van der Waals surface area contributed by atoms with Crippen LogP contribution < -0.4 is 9.47 Å². The van der Waals surface area contributed by atoms with Crippen LogP contribution in [-0.4, -0.2) is 37.3 Å². The molecule has 0 aromatic heterocycles. The molecule has 0 radical (unpaired) electrons. The molecule has 2 amide bonds. The van der Waals surface area contributed by atoms with Crippen molar-refractivity contribution >= 4 is 18.0 Å². The van der Waals surface area contributed by atoms with Gasteiger partial charge in [-0.2, -0.15) is 10.1 Å². The summed E-state index contributed by atoms with van der Waals surface area (Å²) in [6.07, 6.45) is 6.97. The third-order valence-corrected chi connectivity index (χ3v) is 6.39. The number of amides is 2. The number of nitrogens with zero attached hydrogens (tertiary/aromatic N) is 2. The SMILES string of the molecule is COc1cccc(/C=N\N2C(=O)[C@@H]3[C@H]4C=C[C@H]([C@H]5C[C@H]45)[C@@H]3C2=O)c1OC. The van der Waals surface area contributed by atoms with E-state index < -0.39 is 0 Å². The lowest BCUT2D eigenvalue weighted by Crippen LogP contribution is -2.40. The van der Waals surface area contributed by atoms with Crippen molar-refractivity contribution in [2.24, 2.45) is 40.6 Å². The Balaban J connectivity index is 1.45. The van der Waals surface area contributed by atoms with E-state index in [4.69, 9.17) is 9.47 Å². The van der Waals surface area contributed by atoms with E-state index in [0.717, 1.165) is 11.4 Å². The topological polar surface area (TPSA) is 68.2 Å². The van der Waals surface area contributed by atoms with Crippen LogP contribution in [0.3, 0.4) is 0 Å². The Kier molecular flexibility index (Phi) is 3.26. The molecule has 6 nitrogen and oxygen atoms in total. The van der Waals surface area contributed by atoms with Crippen molar-refractivity contribution in [3.8, 4) is 11.5 Å². The third kappa shape index (κ3) is 1.95. The number of carbonyl (C=O) groups excluding carboxylic acids is 2. The number of ether oxygens (including phenoxy) is 2. The van der Waals surface area contributed by atoms with Gasteiger partial charge in [0.1, 0.15) is 0 Å².